The Hall–Kier alpha value is -2.76. The van der Waals surface area contributed by atoms with Crippen molar-refractivity contribution in [1.82, 2.24) is 14.9 Å². The summed E-state index contributed by atoms with van der Waals surface area (Å²) >= 11 is 1.46. The number of nitrogens with one attached hydrogen (secondary N) is 1. The molecule has 2 aromatic heterocycles. The fourth-order valence-corrected chi connectivity index (χ4v) is 4.77. The van der Waals surface area contributed by atoms with Crippen molar-refractivity contribution in [1.29, 1.82) is 0 Å². The van der Waals surface area contributed by atoms with Gasteiger partial charge in [-0.1, -0.05) is 13.0 Å². The molecule has 172 valence electrons. The third-order valence-electron chi connectivity index (χ3n) is 4.97. The van der Waals surface area contributed by atoms with Crippen LogP contribution in [0.25, 0.3) is 11.0 Å². The van der Waals surface area contributed by atoms with Crippen LogP contribution in [0.5, 0.6) is 0 Å². The van der Waals surface area contributed by atoms with Crippen molar-refractivity contribution in [3.05, 3.63) is 46.4 Å². The van der Waals surface area contributed by atoms with Crippen molar-refractivity contribution in [3.8, 4) is 0 Å². The predicted octanol–water partition coefficient (Wildman–Crippen LogP) is 2.51. The molecular formula is C21H26N4O5S2. The molecule has 1 atom stereocenters. The van der Waals surface area contributed by atoms with Crippen molar-refractivity contribution in [3.63, 3.8) is 0 Å². The second kappa shape index (κ2) is 10.2. The minimum atomic E-state index is -3.83. The SMILES string of the molecule is CCCn1c(CCC(=O)NC(CC(=O)OC)c2cccs2)nc2cc(S(N)(=O)=O)ccc21. The quantitative estimate of drug-likeness (QED) is 0.430. The van der Waals surface area contributed by atoms with Crippen LogP contribution >= 0.6 is 11.3 Å². The number of methoxy groups -OCH3 is 1. The number of thiophene rings is 1. The van der Waals surface area contributed by atoms with Gasteiger partial charge in [-0.3, -0.25) is 9.59 Å². The van der Waals surface area contributed by atoms with Crippen LogP contribution in [-0.2, 0) is 37.3 Å². The van der Waals surface area contributed by atoms with Gasteiger partial charge in [0.05, 0.1) is 35.5 Å². The van der Waals surface area contributed by atoms with E-state index in [1.807, 2.05) is 29.0 Å². The first-order valence-corrected chi connectivity index (χ1v) is 12.6. The molecule has 11 heteroatoms. The van der Waals surface area contributed by atoms with E-state index in [1.165, 1.54) is 30.6 Å². The van der Waals surface area contributed by atoms with Gasteiger partial charge < -0.3 is 14.6 Å². The van der Waals surface area contributed by atoms with Gasteiger partial charge in [-0.25, -0.2) is 18.5 Å². The number of ether oxygens (including phenoxy) is 1. The summed E-state index contributed by atoms with van der Waals surface area (Å²) < 4.78 is 30.1. The number of nitrogens with two attached hydrogens (primary N) is 1. The normalized spacial score (nSPS) is 12.6. The Morgan fingerprint density at radius 3 is 2.72 bits per heavy atom. The number of rotatable bonds is 10. The Kier molecular flexibility index (Phi) is 7.64. The van der Waals surface area contributed by atoms with E-state index in [0.29, 0.717) is 24.3 Å². The maximum absolute atomic E-state index is 12.7. The number of hydrogen-bond acceptors (Lipinski definition) is 7. The van der Waals surface area contributed by atoms with Crippen LogP contribution in [0.3, 0.4) is 0 Å². The molecule has 9 nitrogen and oxygen atoms in total. The Labute approximate surface area is 190 Å². The molecule has 1 aromatic carbocycles. The highest BCUT2D eigenvalue weighted by Gasteiger charge is 2.21. The van der Waals surface area contributed by atoms with E-state index in [1.54, 1.807) is 6.07 Å². The van der Waals surface area contributed by atoms with Crippen LogP contribution in [0.15, 0.2) is 40.6 Å². The van der Waals surface area contributed by atoms with Gasteiger partial charge in [-0.15, -0.1) is 11.3 Å². The number of imidazole rings is 1. The summed E-state index contributed by atoms with van der Waals surface area (Å²) in [5.74, 6) is 0.0657. The standard InChI is InChI=1S/C21H26N4O5S2/c1-3-10-25-17-7-6-14(32(22,28)29)12-15(17)23-19(25)8-9-20(26)24-16(13-21(27)30-2)18-5-4-11-31-18/h4-7,11-12,16H,3,8-10,13H2,1-2H3,(H,24,26)(H2,22,28,29). The van der Waals surface area contributed by atoms with Crippen LogP contribution in [0.4, 0.5) is 0 Å². The molecule has 0 radical (unpaired) electrons. The van der Waals surface area contributed by atoms with Crippen LogP contribution in [0.1, 0.15) is 42.9 Å². The van der Waals surface area contributed by atoms with E-state index < -0.39 is 22.0 Å². The molecule has 0 bridgehead atoms. The summed E-state index contributed by atoms with van der Waals surface area (Å²) in [6.07, 6.45) is 1.42. The Morgan fingerprint density at radius 2 is 2.09 bits per heavy atom. The largest absolute Gasteiger partial charge is 0.469 e. The van der Waals surface area contributed by atoms with Gasteiger partial charge in [0.1, 0.15) is 5.82 Å². The van der Waals surface area contributed by atoms with E-state index in [-0.39, 0.29) is 23.6 Å². The van der Waals surface area contributed by atoms with Gasteiger partial charge in [0.2, 0.25) is 15.9 Å². The number of aryl methyl sites for hydroxylation is 2. The number of esters is 1. The van der Waals surface area contributed by atoms with E-state index in [9.17, 15) is 18.0 Å². The molecular weight excluding hydrogens is 452 g/mol. The number of nitrogens with zero attached hydrogens (tertiary/aromatic N) is 2. The number of aromatic nitrogens is 2. The lowest BCUT2D eigenvalue weighted by molar-refractivity contribution is -0.141. The molecule has 2 heterocycles. The highest BCUT2D eigenvalue weighted by atomic mass is 32.2. The van der Waals surface area contributed by atoms with Crippen molar-refractivity contribution in [2.45, 2.75) is 50.1 Å². The lowest BCUT2D eigenvalue weighted by Crippen LogP contribution is -2.30. The highest BCUT2D eigenvalue weighted by molar-refractivity contribution is 7.89. The third kappa shape index (κ3) is 5.72. The molecule has 0 aliphatic heterocycles. The van der Waals surface area contributed by atoms with Crippen molar-refractivity contribution >= 4 is 44.3 Å². The van der Waals surface area contributed by atoms with Crippen molar-refractivity contribution in [2.75, 3.05) is 7.11 Å². The molecule has 1 amide bonds. The fourth-order valence-electron chi connectivity index (χ4n) is 3.45. The monoisotopic (exact) mass is 478 g/mol. The number of benzene rings is 1. The van der Waals surface area contributed by atoms with E-state index >= 15 is 0 Å². The summed E-state index contributed by atoms with van der Waals surface area (Å²) in [7, 11) is -2.52. The van der Waals surface area contributed by atoms with Gasteiger partial charge in [0.15, 0.2) is 0 Å². The first-order valence-electron chi connectivity index (χ1n) is 10.1. The molecule has 0 aliphatic rings. The van der Waals surface area contributed by atoms with Gasteiger partial charge in [-0.05, 0) is 36.1 Å². The van der Waals surface area contributed by atoms with E-state index in [2.05, 4.69) is 10.3 Å². The van der Waals surface area contributed by atoms with Gasteiger partial charge >= 0.3 is 5.97 Å². The van der Waals surface area contributed by atoms with Gasteiger partial charge in [0.25, 0.3) is 0 Å². The lowest BCUT2D eigenvalue weighted by Gasteiger charge is -2.16. The zero-order valence-corrected chi connectivity index (χ0v) is 19.5. The summed E-state index contributed by atoms with van der Waals surface area (Å²) in [4.78, 5) is 29.9. The number of carbonyl (C=O) groups is 2. The second-order valence-electron chi connectivity index (χ2n) is 7.29. The molecule has 3 aromatic rings. The molecule has 3 N–H and O–H groups in total. The number of fused-ring (bicyclic) bond motifs is 1. The number of sulfonamides is 1. The molecule has 0 saturated carbocycles. The average molecular weight is 479 g/mol. The Balaban J connectivity index is 1.77. The van der Waals surface area contributed by atoms with Gasteiger partial charge in [-0.2, -0.15) is 0 Å². The zero-order valence-electron chi connectivity index (χ0n) is 17.9. The minimum absolute atomic E-state index is 0.00274. The minimum Gasteiger partial charge on any atom is -0.469 e. The lowest BCUT2D eigenvalue weighted by atomic mass is 10.1. The van der Waals surface area contributed by atoms with E-state index in [4.69, 9.17) is 9.88 Å². The van der Waals surface area contributed by atoms with Crippen LogP contribution in [0.2, 0.25) is 0 Å². The summed E-state index contributed by atoms with van der Waals surface area (Å²) in [5, 5.41) is 10.0. The molecule has 0 fully saturated rings. The van der Waals surface area contributed by atoms with Crippen LogP contribution in [0, 0.1) is 0 Å². The molecule has 1 unspecified atom stereocenters. The fraction of sp³-hybridized carbons (Fsp3) is 0.381. The van der Waals surface area contributed by atoms with E-state index in [0.717, 1.165) is 16.8 Å². The van der Waals surface area contributed by atoms with Crippen LogP contribution in [-0.4, -0.2) is 37.0 Å². The summed E-state index contributed by atoms with van der Waals surface area (Å²) in [5.41, 5.74) is 1.30. The first-order chi connectivity index (χ1) is 15.2. The van der Waals surface area contributed by atoms with Gasteiger partial charge in [0, 0.05) is 24.3 Å². The second-order valence-corrected chi connectivity index (χ2v) is 9.83. The Morgan fingerprint density at radius 1 is 1.31 bits per heavy atom. The maximum Gasteiger partial charge on any atom is 0.307 e. The molecule has 0 saturated heterocycles. The Bertz CT molecular complexity index is 1200. The van der Waals surface area contributed by atoms with Crippen LogP contribution < -0.4 is 10.5 Å². The maximum atomic E-state index is 12.7. The highest BCUT2D eigenvalue weighted by Crippen LogP contribution is 2.24. The molecule has 32 heavy (non-hydrogen) atoms. The van der Waals surface area contributed by atoms with Crippen molar-refractivity contribution in [2.24, 2.45) is 5.14 Å². The molecule has 0 spiro atoms. The topological polar surface area (TPSA) is 133 Å². The molecule has 3 rings (SSSR count). The summed E-state index contributed by atoms with van der Waals surface area (Å²) in [6, 6.07) is 7.86. The van der Waals surface area contributed by atoms with Crippen molar-refractivity contribution < 1.29 is 22.7 Å². The summed E-state index contributed by atoms with van der Waals surface area (Å²) in [6.45, 7) is 2.71. The number of hydrogen-bond donors (Lipinski definition) is 2. The number of amides is 1. The third-order valence-corrected chi connectivity index (χ3v) is 6.87. The number of primary sulfonamides is 1. The molecule has 0 aliphatic carbocycles. The number of carbonyl (C=O) groups excluding carboxylic acids is 2. The predicted molar refractivity (Wildman–Crippen MR) is 122 cm³/mol. The first kappa shape index (κ1) is 23.9. The smallest absolute Gasteiger partial charge is 0.307 e. The zero-order chi connectivity index (χ0) is 23.3. The average Bonchev–Trinajstić information content (AvgIpc) is 3.39.